The number of ether oxygens (including phenoxy) is 3. The van der Waals surface area contributed by atoms with Gasteiger partial charge in [-0.25, -0.2) is 14.3 Å². The Balaban J connectivity index is 2.07. The van der Waals surface area contributed by atoms with Gasteiger partial charge in [-0.2, -0.15) is 4.98 Å². The van der Waals surface area contributed by atoms with Crippen LogP contribution in [0.4, 0.5) is 5.95 Å². The summed E-state index contributed by atoms with van der Waals surface area (Å²) in [5.74, 6) is -1.13. The van der Waals surface area contributed by atoms with Gasteiger partial charge in [0, 0.05) is 20.3 Å². The Bertz CT molecular complexity index is 982. The normalized spacial score (nSPS) is 21.6. The molecule has 2 N–H and O–H groups in total. The van der Waals surface area contributed by atoms with Crippen molar-refractivity contribution >= 4 is 35.3 Å². The number of hydrogen-bond donors (Lipinski definition) is 1. The number of fused-ring (bicyclic) bond motifs is 1. The molecule has 12 heteroatoms. The Hall–Kier alpha value is -3.28. The van der Waals surface area contributed by atoms with Crippen LogP contribution in [-0.4, -0.2) is 56.1 Å². The number of carbonyl (C=O) groups excluding carboxylic acids is 3. The third-order valence-corrected chi connectivity index (χ3v) is 4.17. The van der Waals surface area contributed by atoms with Crippen molar-refractivity contribution in [3.63, 3.8) is 0 Å². The summed E-state index contributed by atoms with van der Waals surface area (Å²) in [6, 6.07) is 0. The summed E-state index contributed by atoms with van der Waals surface area (Å²) in [6.45, 7) is 2.20. The molecule has 1 saturated heterocycles. The van der Waals surface area contributed by atoms with Crippen molar-refractivity contribution < 1.29 is 28.6 Å². The molecule has 3 heterocycles. The monoisotopic (exact) mass is 393 g/mol. The first kappa shape index (κ1) is 19.5. The largest absolute Gasteiger partial charge is 0.463 e. The Labute approximate surface area is 158 Å². The molecule has 150 valence electrons. The van der Waals surface area contributed by atoms with Gasteiger partial charge < -0.3 is 24.7 Å². The fourth-order valence-electron chi connectivity index (χ4n) is 3.13. The fourth-order valence-corrected chi connectivity index (χ4v) is 3.13. The van der Waals surface area contributed by atoms with Gasteiger partial charge in [0.15, 0.2) is 11.9 Å². The van der Waals surface area contributed by atoms with Crippen molar-refractivity contribution in [3.8, 4) is 0 Å². The van der Waals surface area contributed by atoms with Gasteiger partial charge in [0.05, 0.1) is 18.8 Å². The zero-order valence-corrected chi connectivity index (χ0v) is 15.2. The highest BCUT2D eigenvalue weighted by molar-refractivity contribution is 5.73. The first-order valence-electron chi connectivity index (χ1n) is 8.44. The molecule has 1 aliphatic rings. The molecule has 1 fully saturated rings. The standard InChI is InChI=1S/C16H19N5O7/c1-8(23)26-7-10-5-12(27-9(2)24)14(28-10)21-13-11(6-18-15(17)19-13)20(3-4-22)16(21)25/h4,6,10,12,14H,3,5,7H2,1-2H3,(H2,17,18,19)/t10-,12+,14+/m0/s1. The predicted octanol–water partition coefficient (Wildman–Crippen LogP) is -0.844. The third kappa shape index (κ3) is 3.71. The summed E-state index contributed by atoms with van der Waals surface area (Å²) < 4.78 is 18.4. The summed E-state index contributed by atoms with van der Waals surface area (Å²) in [5.41, 5.74) is 5.46. The maximum Gasteiger partial charge on any atom is 0.333 e. The average Bonchev–Trinajstić information content (AvgIpc) is 3.11. The molecule has 0 spiro atoms. The lowest BCUT2D eigenvalue weighted by molar-refractivity contribution is -0.153. The van der Waals surface area contributed by atoms with E-state index in [1.165, 1.54) is 20.0 Å². The van der Waals surface area contributed by atoms with E-state index in [0.717, 1.165) is 9.13 Å². The van der Waals surface area contributed by atoms with Crippen molar-refractivity contribution in [2.24, 2.45) is 0 Å². The third-order valence-electron chi connectivity index (χ3n) is 4.17. The summed E-state index contributed by atoms with van der Waals surface area (Å²) in [7, 11) is 0. The minimum absolute atomic E-state index is 0.0670. The van der Waals surface area contributed by atoms with Crippen LogP contribution < -0.4 is 11.4 Å². The lowest BCUT2D eigenvalue weighted by atomic mass is 10.2. The highest BCUT2D eigenvalue weighted by atomic mass is 16.6. The molecule has 0 amide bonds. The molecule has 3 atom stereocenters. The average molecular weight is 393 g/mol. The second kappa shape index (κ2) is 7.76. The van der Waals surface area contributed by atoms with Gasteiger partial charge in [0.25, 0.3) is 0 Å². The molecule has 1 aliphatic heterocycles. The zero-order chi connectivity index (χ0) is 20.4. The van der Waals surface area contributed by atoms with Crippen molar-refractivity contribution in [2.45, 2.75) is 45.2 Å². The van der Waals surface area contributed by atoms with E-state index in [2.05, 4.69) is 9.97 Å². The second-order valence-corrected chi connectivity index (χ2v) is 6.20. The van der Waals surface area contributed by atoms with Gasteiger partial charge in [-0.05, 0) is 0 Å². The molecule has 0 bridgehead atoms. The minimum Gasteiger partial charge on any atom is -0.463 e. The molecule has 0 radical (unpaired) electrons. The first-order valence-corrected chi connectivity index (χ1v) is 8.44. The number of rotatable bonds is 6. The minimum atomic E-state index is -1.04. The van der Waals surface area contributed by atoms with Crippen LogP contribution in [0.2, 0.25) is 0 Å². The van der Waals surface area contributed by atoms with Crippen LogP contribution in [0.15, 0.2) is 11.0 Å². The van der Waals surface area contributed by atoms with Crippen LogP contribution in [0.3, 0.4) is 0 Å². The molecule has 3 rings (SSSR count). The Morgan fingerprint density at radius 3 is 2.79 bits per heavy atom. The van der Waals surface area contributed by atoms with Crippen LogP contribution in [0.1, 0.15) is 26.5 Å². The number of nitrogen functional groups attached to an aromatic ring is 1. The topological polar surface area (TPSA) is 158 Å². The molecule has 0 aromatic carbocycles. The molecular formula is C16H19N5O7. The van der Waals surface area contributed by atoms with E-state index < -0.39 is 36.1 Å². The van der Waals surface area contributed by atoms with Crippen LogP contribution >= 0.6 is 0 Å². The van der Waals surface area contributed by atoms with E-state index in [1.807, 2.05) is 0 Å². The Morgan fingerprint density at radius 2 is 2.14 bits per heavy atom. The summed E-state index contributed by atoms with van der Waals surface area (Å²) in [6.07, 6.45) is -0.391. The van der Waals surface area contributed by atoms with E-state index >= 15 is 0 Å². The molecule has 0 unspecified atom stereocenters. The van der Waals surface area contributed by atoms with E-state index in [-0.39, 0.29) is 36.7 Å². The number of aldehydes is 1. The number of carbonyl (C=O) groups is 3. The van der Waals surface area contributed by atoms with E-state index in [1.54, 1.807) is 0 Å². The number of hydrogen-bond acceptors (Lipinski definition) is 10. The van der Waals surface area contributed by atoms with Gasteiger partial charge in [-0.3, -0.25) is 14.2 Å². The molecule has 12 nitrogen and oxygen atoms in total. The lowest BCUT2D eigenvalue weighted by Gasteiger charge is -2.19. The van der Waals surface area contributed by atoms with Crippen molar-refractivity contribution in [3.05, 3.63) is 16.7 Å². The number of aromatic nitrogens is 4. The lowest BCUT2D eigenvalue weighted by Crippen LogP contribution is -2.34. The predicted molar refractivity (Wildman–Crippen MR) is 93.0 cm³/mol. The van der Waals surface area contributed by atoms with Gasteiger partial charge >= 0.3 is 17.6 Å². The van der Waals surface area contributed by atoms with Crippen LogP contribution in [0.25, 0.3) is 11.2 Å². The number of nitrogens with zero attached hydrogens (tertiary/aromatic N) is 4. The Kier molecular flexibility index (Phi) is 5.40. The van der Waals surface area contributed by atoms with Crippen LogP contribution in [0.5, 0.6) is 0 Å². The van der Waals surface area contributed by atoms with Crippen molar-refractivity contribution in [2.75, 3.05) is 12.3 Å². The highest BCUT2D eigenvalue weighted by Gasteiger charge is 2.41. The second-order valence-electron chi connectivity index (χ2n) is 6.20. The summed E-state index contributed by atoms with van der Waals surface area (Å²) >= 11 is 0. The zero-order valence-electron chi connectivity index (χ0n) is 15.2. The van der Waals surface area contributed by atoms with E-state index in [9.17, 15) is 19.2 Å². The quantitative estimate of drug-likeness (QED) is 0.484. The van der Waals surface area contributed by atoms with Crippen molar-refractivity contribution in [1.29, 1.82) is 0 Å². The van der Waals surface area contributed by atoms with Gasteiger partial charge in [0.1, 0.15) is 24.5 Å². The van der Waals surface area contributed by atoms with E-state index in [0.29, 0.717) is 6.29 Å². The van der Waals surface area contributed by atoms with Crippen molar-refractivity contribution in [1.82, 2.24) is 19.1 Å². The smallest absolute Gasteiger partial charge is 0.333 e. The van der Waals surface area contributed by atoms with Crippen LogP contribution in [0, 0.1) is 0 Å². The van der Waals surface area contributed by atoms with E-state index in [4.69, 9.17) is 19.9 Å². The molecule has 0 aliphatic carbocycles. The SMILES string of the molecule is CC(=O)OC[C@@H]1C[C@@H](OC(C)=O)[C@H](n2c(=O)n(CC=O)c3cnc(N)nc32)O1. The van der Waals surface area contributed by atoms with Gasteiger partial charge in [-0.15, -0.1) is 0 Å². The van der Waals surface area contributed by atoms with Gasteiger partial charge in [0.2, 0.25) is 5.95 Å². The van der Waals surface area contributed by atoms with Gasteiger partial charge in [-0.1, -0.05) is 0 Å². The highest BCUT2D eigenvalue weighted by Crippen LogP contribution is 2.32. The fraction of sp³-hybridized carbons (Fsp3) is 0.500. The Morgan fingerprint density at radius 1 is 1.39 bits per heavy atom. The summed E-state index contributed by atoms with van der Waals surface area (Å²) in [5, 5.41) is 0. The number of anilines is 1. The number of imidazole rings is 1. The number of nitrogens with two attached hydrogens (primary N) is 1. The maximum absolute atomic E-state index is 12.9. The molecule has 2 aromatic rings. The number of esters is 2. The maximum atomic E-state index is 12.9. The van der Waals surface area contributed by atoms with Crippen LogP contribution in [-0.2, 0) is 35.1 Å². The molecule has 28 heavy (non-hydrogen) atoms. The molecule has 0 saturated carbocycles. The summed E-state index contributed by atoms with van der Waals surface area (Å²) in [4.78, 5) is 54.4. The molecule has 2 aromatic heterocycles. The molecular weight excluding hydrogens is 374 g/mol. The first-order chi connectivity index (χ1) is 13.3.